The fraction of sp³-hybridized carbons (Fsp3) is 0.400. The maximum atomic E-state index is 5.91. The van der Waals surface area contributed by atoms with Gasteiger partial charge in [0.2, 0.25) is 0 Å². The van der Waals surface area contributed by atoms with Crippen molar-refractivity contribution in [2.24, 2.45) is 0 Å². The van der Waals surface area contributed by atoms with E-state index in [2.05, 4.69) is 39.2 Å². The summed E-state index contributed by atoms with van der Waals surface area (Å²) in [6.07, 6.45) is 1.13. The van der Waals surface area contributed by atoms with Crippen LogP contribution in [0.3, 0.4) is 0 Å². The first-order valence-corrected chi connectivity index (χ1v) is 8.39. The van der Waals surface area contributed by atoms with E-state index in [1.165, 1.54) is 5.56 Å². The molecule has 1 heterocycles. The van der Waals surface area contributed by atoms with Crippen LogP contribution in [-0.4, -0.2) is 11.5 Å². The van der Waals surface area contributed by atoms with Crippen LogP contribution < -0.4 is 10.1 Å². The minimum absolute atomic E-state index is 0.529. The first-order valence-electron chi connectivity index (χ1n) is 6.72. The molecular formula is C15H19BrN2OS. The maximum absolute atomic E-state index is 5.91. The molecule has 0 saturated heterocycles. The van der Waals surface area contributed by atoms with Crippen molar-refractivity contribution in [1.82, 2.24) is 10.3 Å². The smallest absolute Gasteiger partial charge is 0.140 e. The van der Waals surface area contributed by atoms with Gasteiger partial charge in [-0.05, 0) is 38.1 Å². The van der Waals surface area contributed by atoms with E-state index in [0.717, 1.165) is 40.4 Å². The van der Waals surface area contributed by atoms with Crippen LogP contribution in [0, 0.1) is 6.92 Å². The molecule has 0 unspecified atom stereocenters. The van der Waals surface area contributed by atoms with Crippen LogP contribution in [0.4, 0.5) is 0 Å². The van der Waals surface area contributed by atoms with Crippen LogP contribution in [-0.2, 0) is 13.2 Å². The lowest BCUT2D eigenvalue weighted by Crippen LogP contribution is -2.14. The molecule has 1 aromatic carbocycles. The van der Waals surface area contributed by atoms with Gasteiger partial charge in [0.25, 0.3) is 0 Å². The van der Waals surface area contributed by atoms with Crippen LogP contribution in [0.2, 0.25) is 0 Å². The minimum Gasteiger partial charge on any atom is -0.486 e. The molecule has 108 valence electrons. The number of hydrogen-bond acceptors (Lipinski definition) is 4. The van der Waals surface area contributed by atoms with Crippen LogP contribution in [0.1, 0.15) is 29.6 Å². The molecule has 2 aromatic rings. The van der Waals surface area contributed by atoms with Crippen molar-refractivity contribution < 1.29 is 4.74 Å². The van der Waals surface area contributed by atoms with Crippen molar-refractivity contribution in [3.8, 4) is 5.75 Å². The van der Waals surface area contributed by atoms with E-state index in [1.54, 1.807) is 11.3 Å². The fourth-order valence-electron chi connectivity index (χ4n) is 1.84. The Balaban J connectivity index is 2.01. The molecule has 0 radical (unpaired) electrons. The molecule has 1 N–H and O–H groups in total. The third-order valence-corrected chi connectivity index (χ3v) is 4.22. The summed E-state index contributed by atoms with van der Waals surface area (Å²) in [6.45, 7) is 6.52. The molecule has 0 bridgehead atoms. The molecule has 0 spiro atoms. The molecule has 20 heavy (non-hydrogen) atoms. The Bertz CT molecular complexity index is 557. The summed E-state index contributed by atoms with van der Waals surface area (Å²) in [5, 5.41) is 6.46. The predicted molar refractivity (Wildman–Crippen MR) is 87.3 cm³/mol. The van der Waals surface area contributed by atoms with Gasteiger partial charge in [-0.1, -0.05) is 22.9 Å². The van der Waals surface area contributed by atoms with Crippen LogP contribution >= 0.6 is 27.3 Å². The summed E-state index contributed by atoms with van der Waals surface area (Å²) < 4.78 is 6.98. The van der Waals surface area contributed by atoms with Crippen LogP contribution in [0.15, 0.2) is 28.1 Å². The third kappa shape index (κ3) is 4.58. The van der Waals surface area contributed by atoms with Crippen molar-refractivity contribution in [3.05, 3.63) is 44.3 Å². The summed E-state index contributed by atoms with van der Waals surface area (Å²) >= 11 is 5.15. The third-order valence-electron chi connectivity index (χ3n) is 2.78. The van der Waals surface area contributed by atoms with Gasteiger partial charge in [0.05, 0.1) is 0 Å². The number of aromatic nitrogens is 1. The number of rotatable bonds is 7. The first-order chi connectivity index (χ1) is 9.69. The molecule has 0 aliphatic rings. The average Bonchev–Trinajstić information content (AvgIpc) is 2.84. The lowest BCUT2D eigenvalue weighted by Gasteiger charge is -2.12. The second-order valence-electron chi connectivity index (χ2n) is 4.60. The zero-order chi connectivity index (χ0) is 14.4. The Kier molecular flexibility index (Phi) is 6.01. The van der Waals surface area contributed by atoms with E-state index in [1.807, 2.05) is 24.4 Å². The van der Waals surface area contributed by atoms with Crippen molar-refractivity contribution in [2.45, 2.75) is 33.4 Å². The second-order valence-corrected chi connectivity index (χ2v) is 6.46. The highest BCUT2D eigenvalue weighted by molar-refractivity contribution is 9.10. The number of hydrogen-bond donors (Lipinski definition) is 1. The number of nitrogens with zero attached hydrogens (tertiary/aromatic N) is 1. The predicted octanol–water partition coefficient (Wildman–Crippen LogP) is 4.29. The van der Waals surface area contributed by atoms with E-state index in [4.69, 9.17) is 4.74 Å². The fourth-order valence-corrected chi connectivity index (χ4v) is 2.93. The van der Waals surface area contributed by atoms with Crippen LogP contribution in [0.25, 0.3) is 0 Å². The van der Waals surface area contributed by atoms with E-state index >= 15 is 0 Å². The number of halogens is 1. The molecule has 5 heteroatoms. The van der Waals surface area contributed by atoms with Gasteiger partial charge >= 0.3 is 0 Å². The SMILES string of the molecule is CCCNCc1cc(Br)ccc1OCc1nc(C)cs1. The van der Waals surface area contributed by atoms with E-state index in [9.17, 15) is 0 Å². The van der Waals surface area contributed by atoms with Gasteiger partial charge in [-0.15, -0.1) is 11.3 Å². The van der Waals surface area contributed by atoms with Crippen molar-refractivity contribution in [3.63, 3.8) is 0 Å². The van der Waals surface area contributed by atoms with Gasteiger partial charge in [0.1, 0.15) is 17.4 Å². The normalized spacial score (nSPS) is 10.8. The van der Waals surface area contributed by atoms with Crippen molar-refractivity contribution in [2.75, 3.05) is 6.54 Å². The molecule has 0 saturated carbocycles. The Labute approximate surface area is 132 Å². The number of thiazole rings is 1. The summed E-state index contributed by atoms with van der Waals surface area (Å²) in [4.78, 5) is 4.42. The Morgan fingerprint density at radius 3 is 2.95 bits per heavy atom. The Morgan fingerprint density at radius 1 is 1.40 bits per heavy atom. The monoisotopic (exact) mass is 354 g/mol. The number of nitrogens with one attached hydrogen (secondary N) is 1. The standard InChI is InChI=1S/C15H19BrN2OS/c1-3-6-17-8-12-7-13(16)4-5-14(12)19-9-15-18-11(2)10-20-15/h4-5,7,10,17H,3,6,8-9H2,1-2H3. The zero-order valence-corrected chi connectivity index (χ0v) is 14.2. The summed E-state index contributed by atoms with van der Waals surface area (Å²) in [7, 11) is 0. The van der Waals surface area contributed by atoms with Gasteiger partial charge in [-0.2, -0.15) is 0 Å². The molecule has 0 atom stereocenters. The van der Waals surface area contributed by atoms with Crippen molar-refractivity contribution in [1.29, 1.82) is 0 Å². The van der Waals surface area contributed by atoms with Gasteiger partial charge in [0, 0.05) is 27.7 Å². The topological polar surface area (TPSA) is 34.1 Å². The molecular weight excluding hydrogens is 336 g/mol. The molecule has 0 fully saturated rings. The zero-order valence-electron chi connectivity index (χ0n) is 11.8. The van der Waals surface area contributed by atoms with Gasteiger partial charge in [0.15, 0.2) is 0 Å². The highest BCUT2D eigenvalue weighted by Gasteiger charge is 2.06. The molecule has 3 nitrogen and oxygen atoms in total. The largest absolute Gasteiger partial charge is 0.486 e. The minimum atomic E-state index is 0.529. The van der Waals surface area contributed by atoms with E-state index < -0.39 is 0 Å². The molecule has 0 aliphatic heterocycles. The van der Waals surface area contributed by atoms with Crippen molar-refractivity contribution >= 4 is 27.3 Å². The lowest BCUT2D eigenvalue weighted by molar-refractivity contribution is 0.301. The number of benzene rings is 1. The second kappa shape index (κ2) is 7.76. The van der Waals surface area contributed by atoms with E-state index in [0.29, 0.717) is 6.61 Å². The van der Waals surface area contributed by atoms with Gasteiger partial charge in [-0.25, -0.2) is 4.98 Å². The first kappa shape index (κ1) is 15.5. The summed E-state index contributed by atoms with van der Waals surface area (Å²) in [5.41, 5.74) is 2.22. The Hall–Kier alpha value is -0.910. The van der Waals surface area contributed by atoms with Gasteiger partial charge < -0.3 is 10.1 Å². The molecule has 0 aliphatic carbocycles. The van der Waals surface area contributed by atoms with E-state index in [-0.39, 0.29) is 0 Å². The maximum Gasteiger partial charge on any atom is 0.140 e. The highest BCUT2D eigenvalue weighted by Crippen LogP contribution is 2.24. The molecule has 1 aromatic heterocycles. The Morgan fingerprint density at radius 2 is 2.25 bits per heavy atom. The van der Waals surface area contributed by atoms with Gasteiger partial charge in [-0.3, -0.25) is 0 Å². The quantitative estimate of drug-likeness (QED) is 0.753. The number of ether oxygens (including phenoxy) is 1. The molecule has 0 amide bonds. The summed E-state index contributed by atoms with van der Waals surface area (Å²) in [5.74, 6) is 0.921. The average molecular weight is 355 g/mol. The molecule has 2 rings (SSSR count). The lowest BCUT2D eigenvalue weighted by atomic mass is 10.2. The summed E-state index contributed by atoms with van der Waals surface area (Å²) in [6, 6.07) is 6.12. The van der Waals surface area contributed by atoms with Crippen LogP contribution in [0.5, 0.6) is 5.75 Å². The highest BCUT2D eigenvalue weighted by atomic mass is 79.9. The number of aryl methyl sites for hydroxylation is 1.